The molecule has 0 unspecified atom stereocenters. The zero-order valence-corrected chi connectivity index (χ0v) is 23.5. The molecule has 0 bridgehead atoms. The Balaban J connectivity index is 1.09. The van der Waals surface area contributed by atoms with Gasteiger partial charge in [0.15, 0.2) is 0 Å². The summed E-state index contributed by atoms with van der Waals surface area (Å²) in [5.74, 6) is 1.84. The van der Waals surface area contributed by atoms with Crippen LogP contribution in [0.15, 0.2) is 72.8 Å². The zero-order valence-electron chi connectivity index (χ0n) is 23.5. The molecule has 4 heterocycles. The van der Waals surface area contributed by atoms with Crippen molar-refractivity contribution in [3.63, 3.8) is 0 Å². The van der Waals surface area contributed by atoms with Gasteiger partial charge in [-0.1, -0.05) is 42.8 Å². The Morgan fingerprint density at radius 1 is 0.976 bits per heavy atom. The predicted octanol–water partition coefficient (Wildman–Crippen LogP) is 6.16. The van der Waals surface area contributed by atoms with Gasteiger partial charge >= 0.3 is 0 Å². The molecule has 0 radical (unpaired) electrons. The highest BCUT2D eigenvalue weighted by Gasteiger charge is 2.34. The summed E-state index contributed by atoms with van der Waals surface area (Å²) in [4.78, 5) is 21.9. The molecule has 7 rings (SSSR count). The number of nitrogens with one attached hydrogen (secondary N) is 1. The fourth-order valence-electron chi connectivity index (χ4n) is 6.62. The number of ether oxygens (including phenoxy) is 2. The van der Waals surface area contributed by atoms with E-state index in [1.165, 1.54) is 48.9 Å². The number of amides is 1. The average Bonchev–Trinajstić information content (AvgIpc) is 3.65. The number of para-hydroxylation sites is 1. The molecule has 1 saturated heterocycles. The number of carbonyl (C=O) groups excluding carboxylic acids is 1. The van der Waals surface area contributed by atoms with Gasteiger partial charge in [-0.15, -0.1) is 0 Å². The lowest BCUT2D eigenvalue weighted by Crippen LogP contribution is -2.39. The summed E-state index contributed by atoms with van der Waals surface area (Å²) >= 11 is 0. The molecule has 1 atom stereocenters. The fraction of sp³-hybridized carbons (Fsp3) is 0.343. The Kier molecular flexibility index (Phi) is 7.24. The van der Waals surface area contributed by atoms with Gasteiger partial charge in [-0.2, -0.15) is 0 Å². The van der Waals surface area contributed by atoms with E-state index in [1.807, 2.05) is 35.2 Å². The standard InChI is InChI=1S/C35H37N3O3/c39-33(15-10-25-8-12-28(13-9-25)40-23-21-37-18-4-1-5-19-37)38-20-16-30-29-6-2-3-7-31(29)36-34(30)35(38)27-11-14-32-26(24-27)17-22-41-32/h2-3,6-15,24,35-36H,1,4-5,16-23H2/b15-10+/t35-/m1/s1. The number of hydrogen-bond acceptors (Lipinski definition) is 4. The first-order chi connectivity index (χ1) is 20.2. The molecule has 210 valence electrons. The van der Waals surface area contributed by atoms with Crippen LogP contribution in [0.25, 0.3) is 17.0 Å². The summed E-state index contributed by atoms with van der Waals surface area (Å²) < 4.78 is 11.8. The fourth-order valence-corrected chi connectivity index (χ4v) is 6.62. The van der Waals surface area contributed by atoms with E-state index in [0.29, 0.717) is 13.2 Å². The van der Waals surface area contributed by atoms with E-state index in [0.717, 1.165) is 59.8 Å². The third kappa shape index (κ3) is 5.36. The van der Waals surface area contributed by atoms with Crippen LogP contribution in [0.2, 0.25) is 0 Å². The van der Waals surface area contributed by atoms with Crippen molar-refractivity contribution in [3.05, 3.63) is 101 Å². The Morgan fingerprint density at radius 3 is 2.71 bits per heavy atom. The molecule has 3 aromatic carbocycles. The van der Waals surface area contributed by atoms with Crippen LogP contribution in [0.3, 0.4) is 0 Å². The first-order valence-electron chi connectivity index (χ1n) is 15.0. The molecular weight excluding hydrogens is 510 g/mol. The molecule has 0 spiro atoms. The number of benzene rings is 3. The van der Waals surface area contributed by atoms with Crippen molar-refractivity contribution in [2.45, 2.75) is 38.1 Å². The van der Waals surface area contributed by atoms with Crippen molar-refractivity contribution in [2.75, 3.05) is 39.4 Å². The second kappa shape index (κ2) is 11.5. The third-order valence-electron chi connectivity index (χ3n) is 8.77. The van der Waals surface area contributed by atoms with Gasteiger partial charge in [0.2, 0.25) is 5.91 Å². The summed E-state index contributed by atoms with van der Waals surface area (Å²) in [6.45, 7) is 5.43. The number of H-pyrrole nitrogens is 1. The lowest BCUT2D eigenvalue weighted by molar-refractivity contribution is -0.128. The average molecular weight is 548 g/mol. The summed E-state index contributed by atoms with van der Waals surface area (Å²) in [6.07, 6.45) is 9.29. The molecule has 4 aromatic rings. The van der Waals surface area contributed by atoms with E-state index in [1.54, 1.807) is 6.08 Å². The second-order valence-electron chi connectivity index (χ2n) is 11.4. The van der Waals surface area contributed by atoms with Crippen molar-refractivity contribution < 1.29 is 14.3 Å². The van der Waals surface area contributed by atoms with Gasteiger partial charge in [0.25, 0.3) is 0 Å². The van der Waals surface area contributed by atoms with E-state index >= 15 is 0 Å². The van der Waals surface area contributed by atoms with Gasteiger partial charge in [0.1, 0.15) is 18.1 Å². The Bertz CT molecular complexity index is 1570. The molecule has 0 saturated carbocycles. The number of nitrogens with zero attached hydrogens (tertiary/aromatic N) is 2. The summed E-state index contributed by atoms with van der Waals surface area (Å²) in [6, 6.07) is 22.7. The van der Waals surface area contributed by atoms with Crippen LogP contribution in [0.4, 0.5) is 0 Å². The minimum Gasteiger partial charge on any atom is -0.493 e. The van der Waals surface area contributed by atoms with Crippen LogP contribution >= 0.6 is 0 Å². The maximum atomic E-state index is 13.7. The van der Waals surface area contributed by atoms with Crippen molar-refractivity contribution in [1.82, 2.24) is 14.8 Å². The Labute approximate surface area is 241 Å². The predicted molar refractivity (Wildman–Crippen MR) is 162 cm³/mol. The number of piperidine rings is 1. The molecule has 6 nitrogen and oxygen atoms in total. The topological polar surface area (TPSA) is 57.8 Å². The molecule has 6 heteroatoms. The SMILES string of the molecule is O=C(/C=C/c1ccc(OCCN2CCCCC2)cc1)N1CCc2c([nH]c3ccccc23)[C@H]1c1ccc2c(c1)CCO2. The molecule has 0 aliphatic carbocycles. The first-order valence-corrected chi connectivity index (χ1v) is 15.0. The molecular formula is C35H37N3O3. The summed E-state index contributed by atoms with van der Waals surface area (Å²) in [5, 5.41) is 1.25. The number of carbonyl (C=O) groups is 1. The number of fused-ring (bicyclic) bond motifs is 4. The van der Waals surface area contributed by atoms with Gasteiger partial charge in [-0.05, 0) is 91.0 Å². The lowest BCUT2D eigenvalue weighted by atomic mass is 9.91. The molecule has 3 aliphatic heterocycles. The summed E-state index contributed by atoms with van der Waals surface area (Å²) in [5.41, 5.74) is 6.86. The highest BCUT2D eigenvalue weighted by molar-refractivity contribution is 5.93. The number of aromatic amines is 1. The Hall–Kier alpha value is -4.03. The quantitative estimate of drug-likeness (QED) is 0.282. The van der Waals surface area contributed by atoms with Crippen molar-refractivity contribution in [3.8, 4) is 11.5 Å². The van der Waals surface area contributed by atoms with Gasteiger partial charge in [-0.25, -0.2) is 0 Å². The van der Waals surface area contributed by atoms with Gasteiger partial charge in [0.05, 0.1) is 12.6 Å². The smallest absolute Gasteiger partial charge is 0.247 e. The number of hydrogen-bond donors (Lipinski definition) is 1. The lowest BCUT2D eigenvalue weighted by Gasteiger charge is -2.36. The highest BCUT2D eigenvalue weighted by atomic mass is 16.5. The van der Waals surface area contributed by atoms with Crippen LogP contribution < -0.4 is 9.47 Å². The third-order valence-corrected chi connectivity index (χ3v) is 8.77. The number of likely N-dealkylation sites (tertiary alicyclic amines) is 1. The van der Waals surface area contributed by atoms with Gasteiger partial charge < -0.3 is 19.4 Å². The number of aromatic nitrogens is 1. The normalized spacial score (nSPS) is 18.8. The molecule has 1 fully saturated rings. The molecule has 41 heavy (non-hydrogen) atoms. The first kappa shape index (κ1) is 25.9. The van der Waals surface area contributed by atoms with E-state index in [-0.39, 0.29) is 11.9 Å². The summed E-state index contributed by atoms with van der Waals surface area (Å²) in [7, 11) is 0. The number of rotatable bonds is 7. The monoisotopic (exact) mass is 547 g/mol. The minimum atomic E-state index is -0.176. The van der Waals surface area contributed by atoms with Crippen LogP contribution in [0.5, 0.6) is 11.5 Å². The van der Waals surface area contributed by atoms with Crippen molar-refractivity contribution in [1.29, 1.82) is 0 Å². The Morgan fingerprint density at radius 2 is 1.83 bits per heavy atom. The van der Waals surface area contributed by atoms with Crippen LogP contribution in [-0.2, 0) is 17.6 Å². The van der Waals surface area contributed by atoms with E-state index in [4.69, 9.17) is 9.47 Å². The van der Waals surface area contributed by atoms with Crippen molar-refractivity contribution in [2.24, 2.45) is 0 Å². The zero-order chi connectivity index (χ0) is 27.6. The second-order valence-corrected chi connectivity index (χ2v) is 11.4. The maximum Gasteiger partial charge on any atom is 0.247 e. The van der Waals surface area contributed by atoms with Gasteiger partial charge in [-0.3, -0.25) is 9.69 Å². The van der Waals surface area contributed by atoms with Crippen molar-refractivity contribution >= 4 is 22.9 Å². The molecule has 1 amide bonds. The van der Waals surface area contributed by atoms with E-state index in [2.05, 4.69) is 52.3 Å². The largest absolute Gasteiger partial charge is 0.493 e. The maximum absolute atomic E-state index is 13.7. The van der Waals surface area contributed by atoms with Crippen LogP contribution in [-0.4, -0.2) is 60.1 Å². The van der Waals surface area contributed by atoms with E-state index in [9.17, 15) is 4.79 Å². The molecule has 1 aromatic heterocycles. The molecule has 3 aliphatic rings. The highest BCUT2D eigenvalue weighted by Crippen LogP contribution is 2.40. The van der Waals surface area contributed by atoms with Gasteiger partial charge in [0, 0.05) is 42.2 Å². The van der Waals surface area contributed by atoms with E-state index < -0.39 is 0 Å². The molecule has 1 N–H and O–H groups in total. The minimum absolute atomic E-state index is 0.0120. The van der Waals surface area contributed by atoms with Crippen LogP contribution in [0.1, 0.15) is 53.3 Å². The van der Waals surface area contributed by atoms with Crippen LogP contribution in [0, 0.1) is 0 Å².